The number of halogens is 1. The lowest BCUT2D eigenvalue weighted by Gasteiger charge is -2.30. The fourth-order valence-electron chi connectivity index (χ4n) is 8.62. The summed E-state index contributed by atoms with van der Waals surface area (Å²) in [7, 11) is 1.71. The number of aliphatic imine (C=N–C) groups is 1. The topological polar surface area (TPSA) is 117 Å². The molecular formula is C41H51ClN10O3S2. The van der Waals surface area contributed by atoms with Crippen LogP contribution in [-0.4, -0.2) is 145 Å². The number of benzene rings is 1. The number of nitrogens with one attached hydrogen (secondary N) is 1. The predicted octanol–water partition coefficient (Wildman–Crippen LogP) is 5.88. The molecule has 0 spiro atoms. The zero-order valence-corrected chi connectivity index (χ0v) is 35.1. The van der Waals surface area contributed by atoms with Crippen molar-refractivity contribution in [3.63, 3.8) is 0 Å². The van der Waals surface area contributed by atoms with Crippen LogP contribution in [0.25, 0.3) is 20.4 Å². The summed E-state index contributed by atoms with van der Waals surface area (Å²) in [5, 5.41) is 6.40. The average Bonchev–Trinajstić information content (AvgIpc) is 3.97. The first-order chi connectivity index (χ1) is 28.1. The smallest absolute Gasteiger partial charge is 0.142 e. The maximum absolute atomic E-state index is 6.27. The molecule has 0 radical (unpaired) electrons. The molecular weight excluding hydrogens is 780 g/mol. The summed E-state index contributed by atoms with van der Waals surface area (Å²) < 4.78 is 16.5. The molecule has 16 heteroatoms. The molecule has 0 atom stereocenters. The van der Waals surface area contributed by atoms with Crippen molar-refractivity contribution in [1.82, 2.24) is 39.5 Å². The first-order valence-corrected chi connectivity index (χ1v) is 22.3. The molecule has 0 saturated carbocycles. The normalized spacial score (nSPS) is 19.0. The van der Waals surface area contributed by atoms with E-state index in [4.69, 9.17) is 25.8 Å². The van der Waals surface area contributed by atoms with Gasteiger partial charge in [0.2, 0.25) is 0 Å². The molecule has 5 aromatic rings. The molecule has 0 aliphatic carbocycles. The third-order valence-electron chi connectivity index (χ3n) is 11.7. The lowest BCUT2D eigenvalue weighted by atomic mass is 10.0. The first kappa shape index (κ1) is 39.1. The largest absolute Gasteiger partial charge is 0.495 e. The van der Waals surface area contributed by atoms with Crippen LogP contribution in [-0.2, 0) is 41.9 Å². The van der Waals surface area contributed by atoms with E-state index in [1.165, 1.54) is 45.8 Å². The lowest BCUT2D eigenvalue weighted by molar-refractivity contribution is 0.0359. The number of morpholine rings is 2. The summed E-state index contributed by atoms with van der Waals surface area (Å²) in [5.41, 5.74) is 6.01. The van der Waals surface area contributed by atoms with Crippen LogP contribution in [0, 0.1) is 0 Å². The van der Waals surface area contributed by atoms with Crippen molar-refractivity contribution in [2.45, 2.75) is 45.3 Å². The molecule has 0 amide bonds. The van der Waals surface area contributed by atoms with Crippen LogP contribution in [0.4, 0.5) is 11.5 Å². The van der Waals surface area contributed by atoms with Crippen molar-refractivity contribution in [2.24, 2.45) is 4.99 Å². The van der Waals surface area contributed by atoms with Gasteiger partial charge < -0.3 is 19.5 Å². The Morgan fingerprint density at radius 3 is 1.93 bits per heavy atom. The summed E-state index contributed by atoms with van der Waals surface area (Å²) >= 11 is 9.85. The van der Waals surface area contributed by atoms with Gasteiger partial charge >= 0.3 is 0 Å². The molecule has 0 bridgehead atoms. The Labute approximate surface area is 347 Å². The standard InChI is InChI=1S/C25H30N6O2S.C16H21ClN4OS/c1-32-21-12-18-14-26-13-17(18)11-20(21)29-24-23-19-3-6-31(5-2-4-30-7-9-33-10-8-30)15-22(19)34-25(23)28-16-27-24;17-15-14-12-2-5-21(4-1-3-20-6-8-22-9-7-20)10-13(12)23-16(14)19-11-18-15/h11-13,16H,2-10,14-15H2,1H3,(H,27,28,29);11H,1-10H2. The van der Waals surface area contributed by atoms with Gasteiger partial charge in [-0.25, -0.2) is 19.9 Å². The van der Waals surface area contributed by atoms with Gasteiger partial charge in [0.1, 0.15) is 39.0 Å². The van der Waals surface area contributed by atoms with Gasteiger partial charge in [0.25, 0.3) is 0 Å². The number of rotatable bonds is 11. The number of anilines is 2. The van der Waals surface area contributed by atoms with E-state index in [-0.39, 0.29) is 0 Å². The molecule has 9 heterocycles. The minimum atomic E-state index is 0.605. The van der Waals surface area contributed by atoms with E-state index in [1.54, 1.807) is 31.1 Å². The molecule has 10 rings (SSSR count). The first-order valence-electron chi connectivity index (χ1n) is 20.3. The highest BCUT2D eigenvalue weighted by Crippen LogP contribution is 2.40. The Kier molecular flexibility index (Phi) is 12.5. The monoisotopic (exact) mass is 830 g/mol. The second kappa shape index (κ2) is 18.3. The van der Waals surface area contributed by atoms with Crippen LogP contribution in [0.1, 0.15) is 44.8 Å². The van der Waals surface area contributed by atoms with Gasteiger partial charge in [0, 0.05) is 68.3 Å². The molecule has 302 valence electrons. The van der Waals surface area contributed by atoms with Crippen LogP contribution in [0.15, 0.2) is 29.8 Å². The Hall–Kier alpha value is -3.38. The van der Waals surface area contributed by atoms with Gasteiger partial charge in [-0.3, -0.25) is 24.6 Å². The number of methoxy groups -OCH3 is 1. The molecule has 5 aliphatic heterocycles. The van der Waals surface area contributed by atoms with Crippen molar-refractivity contribution < 1.29 is 14.2 Å². The SMILES string of the molecule is COc1cc2c(cc1Nc1ncnc3sc4c(c13)CCN(CCCN1CCOCC1)C4)C=NC2.Clc1ncnc2sc3c(c12)CCN(CCCN1CCOCC1)C3. The van der Waals surface area contributed by atoms with Gasteiger partial charge in [-0.2, -0.15) is 0 Å². The van der Waals surface area contributed by atoms with Crippen molar-refractivity contribution in [1.29, 1.82) is 0 Å². The third kappa shape index (κ3) is 8.97. The molecule has 2 saturated heterocycles. The molecule has 57 heavy (non-hydrogen) atoms. The number of fused-ring (bicyclic) bond motifs is 7. The van der Waals surface area contributed by atoms with E-state index in [2.05, 4.69) is 62.0 Å². The average molecular weight is 832 g/mol. The molecule has 4 aromatic heterocycles. The van der Waals surface area contributed by atoms with Gasteiger partial charge in [-0.05, 0) is 86.2 Å². The van der Waals surface area contributed by atoms with E-state index in [0.29, 0.717) is 11.7 Å². The summed E-state index contributed by atoms with van der Waals surface area (Å²) in [6, 6.07) is 4.18. The highest BCUT2D eigenvalue weighted by atomic mass is 35.5. The van der Waals surface area contributed by atoms with Gasteiger partial charge in [0.05, 0.1) is 56.5 Å². The van der Waals surface area contributed by atoms with Crippen LogP contribution < -0.4 is 10.1 Å². The van der Waals surface area contributed by atoms with E-state index < -0.39 is 0 Å². The summed E-state index contributed by atoms with van der Waals surface area (Å²) in [6.07, 6.45) is 9.66. The molecule has 0 unspecified atom stereocenters. The summed E-state index contributed by atoms with van der Waals surface area (Å²) in [6.45, 7) is 17.4. The van der Waals surface area contributed by atoms with E-state index in [9.17, 15) is 0 Å². The molecule has 1 N–H and O–H groups in total. The molecule has 1 aromatic carbocycles. The van der Waals surface area contributed by atoms with Crippen molar-refractivity contribution in [3.8, 4) is 5.75 Å². The van der Waals surface area contributed by atoms with Crippen LogP contribution in [0.3, 0.4) is 0 Å². The minimum absolute atomic E-state index is 0.605. The summed E-state index contributed by atoms with van der Waals surface area (Å²) in [4.78, 5) is 37.2. The Morgan fingerprint density at radius 1 is 0.719 bits per heavy atom. The maximum Gasteiger partial charge on any atom is 0.142 e. The third-order valence-corrected chi connectivity index (χ3v) is 14.2. The molecule has 2 fully saturated rings. The van der Waals surface area contributed by atoms with Crippen LogP contribution in [0.5, 0.6) is 5.75 Å². The van der Waals surface area contributed by atoms with Crippen molar-refractivity contribution in [2.75, 3.05) is 104 Å². The highest BCUT2D eigenvalue weighted by Gasteiger charge is 2.26. The minimum Gasteiger partial charge on any atom is -0.495 e. The van der Waals surface area contributed by atoms with E-state index in [1.807, 2.05) is 17.6 Å². The number of ether oxygens (including phenoxy) is 3. The van der Waals surface area contributed by atoms with Crippen molar-refractivity contribution >= 4 is 72.4 Å². The fourth-order valence-corrected chi connectivity index (χ4v) is 11.4. The van der Waals surface area contributed by atoms with Crippen LogP contribution in [0.2, 0.25) is 5.15 Å². The van der Waals surface area contributed by atoms with Gasteiger partial charge in [0.15, 0.2) is 0 Å². The van der Waals surface area contributed by atoms with E-state index >= 15 is 0 Å². The number of hydrogen-bond donors (Lipinski definition) is 1. The number of nitrogens with zero attached hydrogens (tertiary/aromatic N) is 9. The predicted molar refractivity (Wildman–Crippen MR) is 229 cm³/mol. The maximum atomic E-state index is 6.27. The lowest BCUT2D eigenvalue weighted by Crippen LogP contribution is -2.38. The van der Waals surface area contributed by atoms with E-state index in [0.717, 1.165) is 155 Å². The van der Waals surface area contributed by atoms with Crippen molar-refractivity contribution in [3.05, 3.63) is 61.9 Å². The zero-order valence-electron chi connectivity index (χ0n) is 32.7. The van der Waals surface area contributed by atoms with Gasteiger partial charge in [-0.15, -0.1) is 22.7 Å². The summed E-state index contributed by atoms with van der Waals surface area (Å²) in [5.74, 6) is 1.67. The Bertz CT molecular complexity index is 2200. The molecule has 13 nitrogen and oxygen atoms in total. The van der Waals surface area contributed by atoms with Gasteiger partial charge in [-0.1, -0.05) is 11.6 Å². The number of hydrogen-bond acceptors (Lipinski definition) is 15. The Balaban J connectivity index is 0.000000160. The Morgan fingerprint density at radius 2 is 1.30 bits per heavy atom. The number of aromatic nitrogens is 4. The number of thiophene rings is 2. The molecule has 5 aliphatic rings. The highest BCUT2D eigenvalue weighted by molar-refractivity contribution is 7.19. The second-order valence-electron chi connectivity index (χ2n) is 15.3. The quantitative estimate of drug-likeness (QED) is 0.160. The fraction of sp³-hybridized carbons (Fsp3) is 0.537. The second-order valence-corrected chi connectivity index (χ2v) is 17.8. The van der Waals surface area contributed by atoms with Crippen LogP contribution >= 0.6 is 34.3 Å². The zero-order chi connectivity index (χ0) is 38.6.